The van der Waals surface area contributed by atoms with Crippen molar-refractivity contribution in [1.29, 1.82) is 0 Å². The summed E-state index contributed by atoms with van der Waals surface area (Å²) in [5, 5.41) is 8.64. The summed E-state index contributed by atoms with van der Waals surface area (Å²) in [6.45, 7) is 6.16. The Morgan fingerprint density at radius 1 is 1.29 bits per heavy atom. The summed E-state index contributed by atoms with van der Waals surface area (Å²) in [4.78, 5) is 10.7. The molecular formula is C16H22F3NO3S. The average Bonchev–Trinajstić information content (AvgIpc) is 2.46. The molecule has 0 aromatic heterocycles. The van der Waals surface area contributed by atoms with Crippen LogP contribution in [-0.2, 0) is 21.7 Å². The fraction of sp³-hybridized carbons (Fsp3) is 0.562. The number of halogens is 3. The van der Waals surface area contributed by atoms with Crippen LogP contribution in [0.4, 0.5) is 13.2 Å². The number of hydrogen-bond donors (Lipinski definition) is 2. The first-order valence-corrected chi connectivity index (χ1v) is 8.50. The van der Waals surface area contributed by atoms with Gasteiger partial charge in [-0.2, -0.15) is 0 Å². The largest absolute Gasteiger partial charge is 0.598 e. The second-order valence-corrected chi connectivity index (χ2v) is 8.64. The van der Waals surface area contributed by atoms with Crippen LogP contribution in [0, 0.1) is 5.82 Å². The van der Waals surface area contributed by atoms with E-state index in [1.807, 2.05) is 0 Å². The Hall–Kier alpha value is -1.25. The minimum Gasteiger partial charge on any atom is -0.598 e. The van der Waals surface area contributed by atoms with E-state index in [1.54, 1.807) is 20.8 Å². The lowest BCUT2D eigenvalue weighted by molar-refractivity contribution is -0.143. The lowest BCUT2D eigenvalue weighted by Gasteiger charge is -2.37. The average molecular weight is 365 g/mol. The number of carboxylic acids is 1. The Kier molecular flexibility index (Phi) is 6.72. The molecule has 1 aromatic carbocycles. The normalized spacial score (nSPS) is 18.5. The first kappa shape index (κ1) is 20.8. The Morgan fingerprint density at radius 3 is 2.29 bits per heavy atom. The zero-order chi connectivity index (χ0) is 18.7. The topological polar surface area (TPSA) is 72.4 Å². The number of carboxylic acid groups (broad SMARTS) is 1. The predicted molar refractivity (Wildman–Crippen MR) is 86.8 cm³/mol. The van der Waals surface area contributed by atoms with E-state index < -0.39 is 52.2 Å². The van der Waals surface area contributed by atoms with Crippen LogP contribution in [0.25, 0.3) is 0 Å². The molecule has 0 aliphatic rings. The van der Waals surface area contributed by atoms with Gasteiger partial charge in [0.25, 0.3) is 0 Å². The van der Waals surface area contributed by atoms with Crippen molar-refractivity contribution in [2.45, 2.75) is 56.7 Å². The fourth-order valence-corrected chi connectivity index (χ4v) is 2.96. The highest BCUT2D eigenvalue weighted by Gasteiger charge is 2.46. The van der Waals surface area contributed by atoms with Crippen LogP contribution in [0.2, 0.25) is 0 Å². The number of rotatable bonds is 7. The van der Waals surface area contributed by atoms with E-state index in [0.717, 1.165) is 6.07 Å². The van der Waals surface area contributed by atoms with E-state index >= 15 is 0 Å². The van der Waals surface area contributed by atoms with Gasteiger partial charge in [-0.3, -0.25) is 0 Å². The van der Waals surface area contributed by atoms with Crippen molar-refractivity contribution in [2.75, 3.05) is 0 Å². The molecule has 1 aromatic rings. The maximum Gasteiger partial charge on any atom is 0.338 e. The van der Waals surface area contributed by atoms with Crippen LogP contribution >= 0.6 is 0 Å². The minimum absolute atomic E-state index is 0.146. The Bertz CT molecular complexity index is 582. The zero-order valence-electron chi connectivity index (χ0n) is 14.0. The molecule has 0 bridgehead atoms. The molecule has 3 unspecified atom stereocenters. The van der Waals surface area contributed by atoms with E-state index in [9.17, 15) is 22.5 Å². The van der Waals surface area contributed by atoms with Gasteiger partial charge >= 0.3 is 5.97 Å². The highest BCUT2D eigenvalue weighted by atomic mass is 32.2. The van der Waals surface area contributed by atoms with E-state index in [-0.39, 0.29) is 5.56 Å². The molecule has 0 heterocycles. The third-order valence-electron chi connectivity index (χ3n) is 3.60. The van der Waals surface area contributed by atoms with Crippen LogP contribution in [0.1, 0.15) is 39.7 Å². The minimum atomic E-state index is -2.45. The van der Waals surface area contributed by atoms with Crippen molar-refractivity contribution in [2.24, 2.45) is 0 Å². The van der Waals surface area contributed by atoms with Gasteiger partial charge in [-0.1, -0.05) is 18.2 Å². The summed E-state index contributed by atoms with van der Waals surface area (Å²) < 4.78 is 56.6. The highest BCUT2D eigenvalue weighted by Crippen LogP contribution is 2.34. The number of alkyl halides is 2. The van der Waals surface area contributed by atoms with Gasteiger partial charge in [-0.15, -0.1) is 4.72 Å². The van der Waals surface area contributed by atoms with E-state index in [2.05, 4.69) is 4.72 Å². The van der Waals surface area contributed by atoms with Gasteiger partial charge in [-0.05, 0) is 33.8 Å². The summed E-state index contributed by atoms with van der Waals surface area (Å²) in [5.74, 6) is -2.56. The summed E-state index contributed by atoms with van der Waals surface area (Å²) in [6.07, 6.45) is -5.56. The fourth-order valence-electron chi connectivity index (χ4n) is 2.03. The summed E-state index contributed by atoms with van der Waals surface area (Å²) in [5.41, 5.74) is -2.00. The third kappa shape index (κ3) is 4.87. The smallest absolute Gasteiger partial charge is 0.338 e. The van der Waals surface area contributed by atoms with Gasteiger partial charge in [0.15, 0.2) is 6.17 Å². The van der Waals surface area contributed by atoms with Crippen LogP contribution in [0.5, 0.6) is 0 Å². The molecule has 0 fully saturated rings. The van der Waals surface area contributed by atoms with Crippen LogP contribution < -0.4 is 4.72 Å². The molecule has 4 atom stereocenters. The van der Waals surface area contributed by atoms with Crippen molar-refractivity contribution >= 4 is 17.3 Å². The molecule has 136 valence electrons. The van der Waals surface area contributed by atoms with E-state index in [1.165, 1.54) is 25.1 Å². The van der Waals surface area contributed by atoms with Gasteiger partial charge < -0.3 is 9.66 Å². The zero-order valence-corrected chi connectivity index (χ0v) is 14.8. The molecule has 0 radical (unpaired) electrons. The maximum atomic E-state index is 14.8. The standard InChI is InChI=1S/C16H22F3NO3S/c1-15(2,3)24(23)20-16(4,10-7-5-6-8-11(10)17)13(19)9-12(18)14(21)22/h5-8,12-13,20H,9H2,1-4H3,(H,21,22)/t12?,13?,16?,24-/m1/s1. The molecule has 1 rings (SSSR count). The van der Waals surface area contributed by atoms with Crippen molar-refractivity contribution in [3.05, 3.63) is 35.6 Å². The Balaban J connectivity index is 3.25. The van der Waals surface area contributed by atoms with Crippen molar-refractivity contribution in [3.63, 3.8) is 0 Å². The lowest BCUT2D eigenvalue weighted by atomic mass is 9.85. The third-order valence-corrected chi connectivity index (χ3v) is 5.32. The Labute approximate surface area is 142 Å². The van der Waals surface area contributed by atoms with Crippen molar-refractivity contribution in [3.8, 4) is 0 Å². The highest BCUT2D eigenvalue weighted by molar-refractivity contribution is 7.90. The van der Waals surface area contributed by atoms with Gasteiger partial charge in [0.05, 0.1) is 0 Å². The first-order valence-electron chi connectivity index (χ1n) is 7.35. The quantitative estimate of drug-likeness (QED) is 0.728. The summed E-state index contributed by atoms with van der Waals surface area (Å²) >= 11 is -1.79. The molecule has 0 aliphatic carbocycles. The monoisotopic (exact) mass is 365 g/mol. The Morgan fingerprint density at radius 2 is 1.83 bits per heavy atom. The molecule has 0 aliphatic heterocycles. The number of hydrogen-bond acceptors (Lipinski definition) is 3. The molecular weight excluding hydrogens is 343 g/mol. The number of carbonyl (C=O) groups is 1. The van der Waals surface area contributed by atoms with E-state index in [0.29, 0.717) is 0 Å². The molecule has 8 heteroatoms. The molecule has 0 saturated carbocycles. The SMILES string of the molecule is CC(N[S@+]([O-])C(C)(C)C)(c1ccccc1F)C(F)CC(F)C(=O)O. The van der Waals surface area contributed by atoms with Crippen LogP contribution in [0.15, 0.2) is 24.3 Å². The first-order chi connectivity index (χ1) is 10.9. The van der Waals surface area contributed by atoms with Crippen molar-refractivity contribution < 1.29 is 27.6 Å². The lowest BCUT2D eigenvalue weighted by Crippen LogP contribution is -2.55. The van der Waals surface area contributed by atoms with Crippen LogP contribution in [-0.4, -0.2) is 32.7 Å². The second kappa shape index (κ2) is 7.76. The number of nitrogens with one attached hydrogen (secondary N) is 1. The van der Waals surface area contributed by atoms with Gasteiger partial charge in [-0.25, -0.2) is 18.0 Å². The van der Waals surface area contributed by atoms with Crippen molar-refractivity contribution in [1.82, 2.24) is 4.72 Å². The molecule has 24 heavy (non-hydrogen) atoms. The van der Waals surface area contributed by atoms with Crippen LogP contribution in [0.3, 0.4) is 0 Å². The van der Waals surface area contributed by atoms with E-state index in [4.69, 9.17) is 5.11 Å². The second-order valence-electron chi connectivity index (χ2n) is 6.67. The van der Waals surface area contributed by atoms with Gasteiger partial charge in [0, 0.05) is 23.3 Å². The molecule has 0 amide bonds. The van der Waals surface area contributed by atoms with Gasteiger partial charge in [0.2, 0.25) is 0 Å². The van der Waals surface area contributed by atoms with Gasteiger partial charge in [0.1, 0.15) is 22.3 Å². The molecule has 2 N–H and O–H groups in total. The number of benzene rings is 1. The predicted octanol–water partition coefficient (Wildman–Crippen LogP) is 3.24. The maximum absolute atomic E-state index is 14.8. The summed E-state index contributed by atoms with van der Waals surface area (Å²) in [6, 6.07) is 5.27. The summed E-state index contributed by atoms with van der Waals surface area (Å²) in [7, 11) is 0. The molecule has 0 spiro atoms. The molecule has 0 saturated heterocycles. The number of aliphatic carboxylic acids is 1. The molecule has 4 nitrogen and oxygen atoms in total.